The molecule has 7 nitrogen and oxygen atoms in total. The lowest BCUT2D eigenvalue weighted by molar-refractivity contribution is -0.121. The van der Waals surface area contributed by atoms with E-state index < -0.39 is 0 Å². The number of aromatic amines is 1. The van der Waals surface area contributed by atoms with Crippen LogP contribution in [0.15, 0.2) is 53.4 Å². The zero-order valence-electron chi connectivity index (χ0n) is 15.0. The van der Waals surface area contributed by atoms with Gasteiger partial charge in [0.05, 0.1) is 0 Å². The van der Waals surface area contributed by atoms with Gasteiger partial charge in [0.1, 0.15) is 5.82 Å². The van der Waals surface area contributed by atoms with Gasteiger partial charge in [0.2, 0.25) is 17.6 Å². The summed E-state index contributed by atoms with van der Waals surface area (Å²) in [5, 5.41) is 7.62. The van der Waals surface area contributed by atoms with Gasteiger partial charge < -0.3 is 14.8 Å². The SMILES string of the molecule is O=C(CCc1nc(-c2ccncc2)no1)NCCc1c[nH]c2ccc(F)cc12. The van der Waals surface area contributed by atoms with Crippen LogP contribution in [0.3, 0.4) is 0 Å². The Morgan fingerprint density at radius 1 is 1.18 bits per heavy atom. The minimum atomic E-state index is -0.275. The van der Waals surface area contributed by atoms with Gasteiger partial charge in [0.25, 0.3) is 0 Å². The smallest absolute Gasteiger partial charge is 0.227 e. The van der Waals surface area contributed by atoms with Crippen LogP contribution in [0.25, 0.3) is 22.3 Å². The first-order valence-corrected chi connectivity index (χ1v) is 8.94. The van der Waals surface area contributed by atoms with Crippen molar-refractivity contribution in [3.05, 3.63) is 66.2 Å². The highest BCUT2D eigenvalue weighted by molar-refractivity contribution is 5.83. The van der Waals surface area contributed by atoms with Crippen LogP contribution >= 0.6 is 0 Å². The second-order valence-electron chi connectivity index (χ2n) is 6.35. The number of fused-ring (bicyclic) bond motifs is 1. The number of H-pyrrole nitrogens is 1. The van der Waals surface area contributed by atoms with Crippen molar-refractivity contribution >= 4 is 16.8 Å². The molecule has 3 aromatic heterocycles. The number of carbonyl (C=O) groups is 1. The predicted molar refractivity (Wildman–Crippen MR) is 101 cm³/mol. The molecule has 4 aromatic rings. The molecule has 3 heterocycles. The van der Waals surface area contributed by atoms with E-state index in [0.29, 0.717) is 31.1 Å². The summed E-state index contributed by atoms with van der Waals surface area (Å²) >= 11 is 0. The van der Waals surface area contributed by atoms with Crippen LogP contribution in [-0.2, 0) is 17.6 Å². The number of carbonyl (C=O) groups excluding carboxylic acids is 1. The van der Waals surface area contributed by atoms with Crippen LogP contribution in [0.2, 0.25) is 0 Å². The second kappa shape index (κ2) is 7.99. The zero-order chi connectivity index (χ0) is 19.3. The number of hydrogen-bond acceptors (Lipinski definition) is 5. The topological polar surface area (TPSA) is 96.7 Å². The number of nitrogens with zero attached hydrogens (tertiary/aromatic N) is 3. The molecule has 0 atom stereocenters. The number of halogens is 1. The molecular formula is C20H18FN5O2. The fraction of sp³-hybridized carbons (Fsp3) is 0.200. The monoisotopic (exact) mass is 379 g/mol. The molecule has 0 aliphatic rings. The standard InChI is InChI=1S/C20H18FN5O2/c21-15-1-2-17-16(11-15)14(12-24-17)7-10-23-18(27)3-4-19-25-20(26-28-19)13-5-8-22-9-6-13/h1-2,5-6,8-9,11-12,24H,3-4,7,10H2,(H,23,27). The summed E-state index contributed by atoms with van der Waals surface area (Å²) in [6, 6.07) is 8.20. The summed E-state index contributed by atoms with van der Waals surface area (Å²) in [7, 11) is 0. The number of hydrogen-bond donors (Lipinski definition) is 2. The Morgan fingerprint density at radius 2 is 2.04 bits per heavy atom. The molecule has 1 amide bonds. The molecule has 0 fully saturated rings. The summed E-state index contributed by atoms with van der Waals surface area (Å²) in [6.45, 7) is 0.467. The highest BCUT2D eigenvalue weighted by Crippen LogP contribution is 2.19. The maximum atomic E-state index is 13.4. The van der Waals surface area contributed by atoms with Gasteiger partial charge in [-0.15, -0.1) is 0 Å². The van der Waals surface area contributed by atoms with E-state index >= 15 is 0 Å². The van der Waals surface area contributed by atoms with Gasteiger partial charge in [-0.3, -0.25) is 9.78 Å². The quantitative estimate of drug-likeness (QED) is 0.514. The molecule has 4 rings (SSSR count). The Morgan fingerprint density at radius 3 is 2.89 bits per heavy atom. The summed E-state index contributed by atoms with van der Waals surface area (Å²) in [5.74, 6) is 0.510. The van der Waals surface area contributed by atoms with E-state index in [4.69, 9.17) is 4.52 Å². The molecule has 0 aliphatic heterocycles. The first-order chi connectivity index (χ1) is 13.7. The summed E-state index contributed by atoms with van der Waals surface area (Å²) in [6.07, 6.45) is 6.38. The van der Waals surface area contributed by atoms with E-state index in [-0.39, 0.29) is 18.1 Å². The summed E-state index contributed by atoms with van der Waals surface area (Å²) in [5.41, 5.74) is 2.66. The lowest BCUT2D eigenvalue weighted by Gasteiger charge is -2.04. The van der Waals surface area contributed by atoms with Gasteiger partial charge >= 0.3 is 0 Å². The molecule has 0 unspecified atom stereocenters. The minimum absolute atomic E-state index is 0.102. The third kappa shape index (κ3) is 4.06. The third-order valence-corrected chi connectivity index (χ3v) is 4.42. The lowest BCUT2D eigenvalue weighted by Crippen LogP contribution is -2.25. The van der Waals surface area contributed by atoms with E-state index in [0.717, 1.165) is 22.0 Å². The highest BCUT2D eigenvalue weighted by Gasteiger charge is 2.11. The minimum Gasteiger partial charge on any atom is -0.361 e. The fourth-order valence-corrected chi connectivity index (χ4v) is 2.98. The van der Waals surface area contributed by atoms with Crippen LogP contribution in [0, 0.1) is 5.82 Å². The van der Waals surface area contributed by atoms with Crippen molar-refractivity contribution in [3.8, 4) is 11.4 Å². The van der Waals surface area contributed by atoms with Crippen molar-refractivity contribution in [2.24, 2.45) is 0 Å². The number of amides is 1. The van der Waals surface area contributed by atoms with Crippen LogP contribution in [-0.4, -0.2) is 32.6 Å². The van der Waals surface area contributed by atoms with Crippen molar-refractivity contribution in [2.45, 2.75) is 19.3 Å². The molecule has 0 bridgehead atoms. The van der Waals surface area contributed by atoms with Crippen molar-refractivity contribution < 1.29 is 13.7 Å². The fourth-order valence-electron chi connectivity index (χ4n) is 2.98. The molecule has 2 N–H and O–H groups in total. The number of nitrogens with one attached hydrogen (secondary N) is 2. The highest BCUT2D eigenvalue weighted by atomic mass is 19.1. The van der Waals surface area contributed by atoms with Gasteiger partial charge in [-0.05, 0) is 42.3 Å². The van der Waals surface area contributed by atoms with Crippen molar-refractivity contribution in [2.75, 3.05) is 6.54 Å². The maximum absolute atomic E-state index is 13.4. The van der Waals surface area contributed by atoms with E-state index in [1.165, 1.54) is 12.1 Å². The summed E-state index contributed by atoms with van der Waals surface area (Å²) < 4.78 is 18.6. The van der Waals surface area contributed by atoms with Crippen molar-refractivity contribution in [1.82, 2.24) is 25.4 Å². The number of aryl methyl sites for hydroxylation is 1. The van der Waals surface area contributed by atoms with Gasteiger partial charge in [0, 0.05) is 54.4 Å². The predicted octanol–water partition coefficient (Wildman–Crippen LogP) is 3.04. The van der Waals surface area contributed by atoms with Crippen molar-refractivity contribution in [3.63, 3.8) is 0 Å². The Bertz CT molecular complexity index is 1090. The lowest BCUT2D eigenvalue weighted by atomic mass is 10.1. The second-order valence-corrected chi connectivity index (χ2v) is 6.35. The van der Waals surface area contributed by atoms with Gasteiger partial charge in [0.15, 0.2) is 0 Å². The molecule has 0 saturated carbocycles. The van der Waals surface area contributed by atoms with Crippen LogP contribution < -0.4 is 5.32 Å². The molecule has 1 aromatic carbocycles. The third-order valence-electron chi connectivity index (χ3n) is 4.42. The molecule has 0 spiro atoms. The van der Waals surface area contributed by atoms with Crippen LogP contribution in [0.1, 0.15) is 17.9 Å². The van der Waals surface area contributed by atoms with Gasteiger partial charge in [-0.2, -0.15) is 4.98 Å². The molecular weight excluding hydrogens is 361 g/mol. The zero-order valence-corrected chi connectivity index (χ0v) is 15.0. The number of pyridine rings is 1. The number of benzene rings is 1. The Labute approximate surface area is 160 Å². The Hall–Kier alpha value is -3.55. The number of aromatic nitrogens is 4. The average Bonchev–Trinajstić information content (AvgIpc) is 3.34. The molecule has 0 saturated heterocycles. The van der Waals surface area contributed by atoms with E-state index in [1.807, 2.05) is 6.20 Å². The molecule has 142 valence electrons. The van der Waals surface area contributed by atoms with E-state index in [9.17, 15) is 9.18 Å². The van der Waals surface area contributed by atoms with Gasteiger partial charge in [-0.25, -0.2) is 4.39 Å². The molecule has 8 heteroatoms. The van der Waals surface area contributed by atoms with Crippen LogP contribution in [0.4, 0.5) is 4.39 Å². The summed E-state index contributed by atoms with van der Waals surface area (Å²) in [4.78, 5) is 23.4. The Kier molecular flexibility index (Phi) is 5.09. The largest absolute Gasteiger partial charge is 0.361 e. The molecule has 0 aliphatic carbocycles. The first kappa shape index (κ1) is 17.8. The first-order valence-electron chi connectivity index (χ1n) is 8.94. The van der Waals surface area contributed by atoms with E-state index in [2.05, 4.69) is 25.4 Å². The number of rotatable bonds is 7. The average molecular weight is 379 g/mol. The molecule has 0 radical (unpaired) electrons. The van der Waals surface area contributed by atoms with E-state index in [1.54, 1.807) is 30.6 Å². The van der Waals surface area contributed by atoms with Gasteiger partial charge in [-0.1, -0.05) is 5.16 Å². The molecule has 28 heavy (non-hydrogen) atoms. The van der Waals surface area contributed by atoms with Crippen molar-refractivity contribution in [1.29, 1.82) is 0 Å². The normalized spacial score (nSPS) is 11.0. The van der Waals surface area contributed by atoms with Crippen LogP contribution in [0.5, 0.6) is 0 Å². The maximum Gasteiger partial charge on any atom is 0.227 e. The Balaban J connectivity index is 1.26.